The number of nitrogens with zero attached hydrogens (tertiary/aromatic N) is 2. The Hall–Kier alpha value is -3.48. The molecule has 0 unspecified atom stereocenters. The smallest absolute Gasteiger partial charge is 0.251 e. The van der Waals surface area contributed by atoms with Crippen LogP contribution in [0, 0.1) is 5.92 Å². The number of carbonyl (C=O) groups excluding carboxylic acids is 3. The van der Waals surface area contributed by atoms with Gasteiger partial charge in [-0.1, -0.05) is 6.92 Å². The molecule has 0 spiro atoms. The summed E-state index contributed by atoms with van der Waals surface area (Å²) < 4.78 is 0. The number of ketones is 1. The molecule has 0 radical (unpaired) electrons. The van der Waals surface area contributed by atoms with Crippen LogP contribution in [0.4, 0.5) is 17.2 Å². The Morgan fingerprint density at radius 1 is 0.968 bits per heavy atom. The third kappa shape index (κ3) is 6.25. The number of nitrogens with one attached hydrogen (secondary N) is 2. The number of benzene rings is 1. The van der Waals surface area contributed by atoms with E-state index in [0.717, 1.165) is 37.7 Å². The van der Waals surface area contributed by atoms with Crippen molar-refractivity contribution in [3.05, 3.63) is 59.8 Å². The molecule has 1 aliphatic rings. The Labute approximate surface area is 182 Å². The van der Waals surface area contributed by atoms with Gasteiger partial charge in [-0.2, -0.15) is 0 Å². The second kappa shape index (κ2) is 10.0. The quantitative estimate of drug-likeness (QED) is 0.544. The van der Waals surface area contributed by atoms with Crippen LogP contribution in [0.15, 0.2) is 54.2 Å². The zero-order valence-electron chi connectivity index (χ0n) is 18.1. The first-order valence-electron chi connectivity index (χ1n) is 10.4. The van der Waals surface area contributed by atoms with E-state index in [0.29, 0.717) is 16.9 Å². The highest BCUT2D eigenvalue weighted by molar-refractivity contribution is 6.10. The first-order chi connectivity index (χ1) is 14.8. The summed E-state index contributed by atoms with van der Waals surface area (Å²) in [5.74, 6) is 0.826. The molecule has 31 heavy (non-hydrogen) atoms. The van der Waals surface area contributed by atoms with E-state index in [1.54, 1.807) is 37.4 Å². The predicted molar refractivity (Wildman–Crippen MR) is 122 cm³/mol. The molecule has 2 aromatic rings. The van der Waals surface area contributed by atoms with E-state index in [1.165, 1.54) is 13.0 Å². The van der Waals surface area contributed by atoms with Crippen LogP contribution in [0.2, 0.25) is 0 Å². The average molecular weight is 421 g/mol. The van der Waals surface area contributed by atoms with Crippen molar-refractivity contribution >= 4 is 34.8 Å². The van der Waals surface area contributed by atoms with Crippen molar-refractivity contribution in [1.82, 2.24) is 4.98 Å². The van der Waals surface area contributed by atoms with Gasteiger partial charge in [0, 0.05) is 36.0 Å². The lowest BCUT2D eigenvalue weighted by molar-refractivity contribution is -0.114. The number of pyridine rings is 1. The fourth-order valence-electron chi connectivity index (χ4n) is 3.34. The van der Waals surface area contributed by atoms with Gasteiger partial charge in [0.1, 0.15) is 5.82 Å². The number of hydrogen-bond acceptors (Lipinski definition) is 5. The van der Waals surface area contributed by atoms with Crippen molar-refractivity contribution in [2.75, 3.05) is 28.6 Å². The first kappa shape index (κ1) is 22.2. The summed E-state index contributed by atoms with van der Waals surface area (Å²) in [6.07, 6.45) is 5.19. The maximum atomic E-state index is 12.4. The SMILES string of the molecule is CC(=O)c1ccc(NC(=O)/C=C(/C)C(=O)Nc2ccc(N3CCC(C)CC3)nc2)cc1. The van der Waals surface area contributed by atoms with Crippen LogP contribution >= 0.6 is 0 Å². The lowest BCUT2D eigenvalue weighted by Crippen LogP contribution is -2.33. The van der Waals surface area contributed by atoms with Crippen LogP contribution in [0.5, 0.6) is 0 Å². The van der Waals surface area contributed by atoms with Crippen molar-refractivity contribution in [3.63, 3.8) is 0 Å². The molecule has 0 bridgehead atoms. The zero-order valence-corrected chi connectivity index (χ0v) is 18.1. The lowest BCUT2D eigenvalue weighted by Gasteiger charge is -2.31. The van der Waals surface area contributed by atoms with E-state index >= 15 is 0 Å². The van der Waals surface area contributed by atoms with Crippen LogP contribution in [0.3, 0.4) is 0 Å². The van der Waals surface area contributed by atoms with Crippen molar-refractivity contribution in [2.24, 2.45) is 5.92 Å². The molecule has 1 aromatic heterocycles. The van der Waals surface area contributed by atoms with Gasteiger partial charge in [-0.25, -0.2) is 4.98 Å². The molecule has 1 saturated heterocycles. The topological polar surface area (TPSA) is 91.4 Å². The van der Waals surface area contributed by atoms with E-state index in [1.807, 2.05) is 12.1 Å². The highest BCUT2D eigenvalue weighted by atomic mass is 16.2. The van der Waals surface area contributed by atoms with E-state index in [-0.39, 0.29) is 17.3 Å². The molecule has 3 rings (SSSR count). The number of aromatic nitrogens is 1. The third-order valence-electron chi connectivity index (χ3n) is 5.38. The molecule has 2 heterocycles. The minimum Gasteiger partial charge on any atom is -0.357 e. The largest absolute Gasteiger partial charge is 0.357 e. The molecule has 2 N–H and O–H groups in total. The Bertz CT molecular complexity index is 973. The molecule has 2 amide bonds. The Morgan fingerprint density at radius 3 is 2.19 bits per heavy atom. The van der Waals surface area contributed by atoms with Gasteiger partial charge in [0.2, 0.25) is 5.91 Å². The molecular weight excluding hydrogens is 392 g/mol. The molecule has 7 nitrogen and oxygen atoms in total. The second-order valence-corrected chi connectivity index (χ2v) is 7.98. The molecule has 0 aliphatic carbocycles. The number of piperidine rings is 1. The average Bonchev–Trinajstić information content (AvgIpc) is 2.75. The molecule has 162 valence electrons. The second-order valence-electron chi connectivity index (χ2n) is 7.98. The van der Waals surface area contributed by atoms with Crippen LogP contribution in [0.25, 0.3) is 0 Å². The summed E-state index contributed by atoms with van der Waals surface area (Å²) in [7, 11) is 0. The first-order valence-corrected chi connectivity index (χ1v) is 10.4. The van der Waals surface area contributed by atoms with Crippen LogP contribution in [0.1, 0.15) is 44.0 Å². The van der Waals surface area contributed by atoms with E-state index in [4.69, 9.17) is 0 Å². The van der Waals surface area contributed by atoms with E-state index < -0.39 is 5.91 Å². The molecule has 1 aliphatic heterocycles. The van der Waals surface area contributed by atoms with Crippen LogP contribution in [-0.4, -0.2) is 35.7 Å². The summed E-state index contributed by atoms with van der Waals surface area (Å²) in [6.45, 7) is 7.31. The van der Waals surface area contributed by atoms with Gasteiger partial charge in [-0.05, 0) is 69.0 Å². The fourth-order valence-corrected chi connectivity index (χ4v) is 3.34. The Kier molecular flexibility index (Phi) is 7.18. The van der Waals surface area contributed by atoms with Gasteiger partial charge < -0.3 is 15.5 Å². The number of rotatable bonds is 6. The zero-order chi connectivity index (χ0) is 22.4. The van der Waals surface area contributed by atoms with E-state index in [2.05, 4.69) is 27.4 Å². The molecule has 1 fully saturated rings. The summed E-state index contributed by atoms with van der Waals surface area (Å²) >= 11 is 0. The number of amides is 2. The Morgan fingerprint density at radius 2 is 1.61 bits per heavy atom. The number of carbonyl (C=O) groups is 3. The van der Waals surface area contributed by atoms with E-state index in [9.17, 15) is 14.4 Å². The molecule has 0 atom stereocenters. The van der Waals surface area contributed by atoms with Gasteiger partial charge in [-0.15, -0.1) is 0 Å². The highest BCUT2D eigenvalue weighted by Crippen LogP contribution is 2.22. The predicted octanol–water partition coefficient (Wildman–Crippen LogP) is 4.04. The monoisotopic (exact) mass is 420 g/mol. The van der Waals surface area contributed by atoms with Crippen molar-refractivity contribution in [3.8, 4) is 0 Å². The number of Topliss-reactive ketones (excluding diaryl/α,β-unsaturated/α-hetero) is 1. The lowest BCUT2D eigenvalue weighted by atomic mass is 9.99. The van der Waals surface area contributed by atoms with Gasteiger partial charge >= 0.3 is 0 Å². The molecular formula is C24H28N4O3. The van der Waals surface area contributed by atoms with Crippen molar-refractivity contribution in [1.29, 1.82) is 0 Å². The standard InChI is InChI=1S/C24H28N4O3/c1-16-10-12-28(13-11-16)22-9-8-21(15-25-22)27-24(31)17(2)14-23(30)26-20-6-4-19(5-7-20)18(3)29/h4-9,14-16H,10-13H2,1-3H3,(H,26,30)(H,27,31)/b17-14-. The minimum absolute atomic E-state index is 0.0432. The summed E-state index contributed by atoms with van der Waals surface area (Å²) in [5, 5.41) is 5.44. The number of hydrogen-bond donors (Lipinski definition) is 2. The molecule has 7 heteroatoms. The fraction of sp³-hybridized carbons (Fsp3) is 0.333. The van der Waals surface area contributed by atoms with Crippen LogP contribution < -0.4 is 15.5 Å². The molecule has 1 aromatic carbocycles. The molecule has 0 saturated carbocycles. The number of anilines is 3. The highest BCUT2D eigenvalue weighted by Gasteiger charge is 2.17. The van der Waals surface area contributed by atoms with Crippen LogP contribution in [-0.2, 0) is 9.59 Å². The maximum absolute atomic E-state index is 12.4. The van der Waals surface area contributed by atoms with Gasteiger partial charge in [0.05, 0.1) is 11.9 Å². The van der Waals surface area contributed by atoms with Gasteiger partial charge in [-0.3, -0.25) is 14.4 Å². The summed E-state index contributed by atoms with van der Waals surface area (Å²) in [6, 6.07) is 10.3. The van der Waals surface area contributed by atoms with Gasteiger partial charge in [0.25, 0.3) is 5.91 Å². The summed E-state index contributed by atoms with van der Waals surface area (Å²) in [5.41, 5.74) is 1.96. The normalized spacial score (nSPS) is 14.8. The maximum Gasteiger partial charge on any atom is 0.251 e. The van der Waals surface area contributed by atoms with Crippen molar-refractivity contribution in [2.45, 2.75) is 33.6 Å². The Balaban J connectivity index is 1.54. The summed E-state index contributed by atoms with van der Waals surface area (Å²) in [4.78, 5) is 42.6. The van der Waals surface area contributed by atoms with Gasteiger partial charge in [0.15, 0.2) is 5.78 Å². The third-order valence-corrected chi connectivity index (χ3v) is 5.38. The minimum atomic E-state index is -0.420. The van der Waals surface area contributed by atoms with Crippen molar-refractivity contribution < 1.29 is 14.4 Å².